The Bertz CT molecular complexity index is 408. The fraction of sp³-hybridized carbons (Fsp3) is 0.533. The number of benzene rings is 1. The monoisotopic (exact) mass is 232 g/mol. The molecule has 1 aromatic rings. The van der Waals surface area contributed by atoms with Crippen molar-refractivity contribution in [3.63, 3.8) is 0 Å². The van der Waals surface area contributed by atoms with E-state index in [1.807, 2.05) is 13.8 Å². The molecule has 1 aliphatic carbocycles. The zero-order chi connectivity index (χ0) is 12.4. The molecule has 17 heavy (non-hydrogen) atoms. The van der Waals surface area contributed by atoms with Gasteiger partial charge < -0.3 is 4.74 Å². The fourth-order valence-corrected chi connectivity index (χ4v) is 2.42. The Balaban J connectivity index is 2.07. The highest BCUT2D eigenvalue weighted by atomic mass is 16.5. The van der Waals surface area contributed by atoms with E-state index in [0.29, 0.717) is 6.10 Å². The summed E-state index contributed by atoms with van der Waals surface area (Å²) in [6.07, 6.45) is 3.78. The van der Waals surface area contributed by atoms with Crippen LogP contribution in [0.3, 0.4) is 0 Å². The van der Waals surface area contributed by atoms with E-state index >= 15 is 0 Å². The second-order valence-corrected chi connectivity index (χ2v) is 5.06. The van der Waals surface area contributed by atoms with Crippen LogP contribution < -0.4 is 0 Å². The first-order chi connectivity index (χ1) is 8.08. The number of aryl methyl sites for hydroxylation is 3. The predicted octanol–water partition coefficient (Wildman–Crippen LogP) is 3.36. The number of rotatable bonds is 4. The molecule has 1 aromatic carbocycles. The van der Waals surface area contributed by atoms with E-state index < -0.39 is 0 Å². The highest BCUT2D eigenvalue weighted by Gasteiger charge is 2.20. The second kappa shape index (κ2) is 5.01. The minimum Gasteiger partial charge on any atom is -0.370 e. The summed E-state index contributed by atoms with van der Waals surface area (Å²) in [6, 6.07) is 4.12. The average molecular weight is 232 g/mol. The lowest BCUT2D eigenvalue weighted by atomic mass is 9.95. The highest BCUT2D eigenvalue weighted by molar-refractivity contribution is 5.99. The Morgan fingerprint density at radius 1 is 1.24 bits per heavy atom. The number of ether oxygens (including phenoxy) is 1. The Morgan fingerprint density at radius 3 is 2.29 bits per heavy atom. The molecule has 1 aliphatic rings. The molecule has 0 atom stereocenters. The van der Waals surface area contributed by atoms with Crippen LogP contribution in [-0.4, -0.2) is 18.5 Å². The van der Waals surface area contributed by atoms with Gasteiger partial charge >= 0.3 is 0 Å². The number of carbonyl (C=O) groups is 1. The van der Waals surface area contributed by atoms with Crippen LogP contribution in [0.25, 0.3) is 0 Å². The maximum atomic E-state index is 12.1. The fourth-order valence-electron chi connectivity index (χ4n) is 2.42. The van der Waals surface area contributed by atoms with E-state index in [0.717, 1.165) is 29.5 Å². The van der Waals surface area contributed by atoms with E-state index in [4.69, 9.17) is 4.74 Å². The van der Waals surface area contributed by atoms with Crippen molar-refractivity contribution in [3.8, 4) is 0 Å². The smallest absolute Gasteiger partial charge is 0.189 e. The van der Waals surface area contributed by atoms with Crippen LogP contribution in [0.15, 0.2) is 12.1 Å². The Morgan fingerprint density at radius 2 is 1.82 bits per heavy atom. The van der Waals surface area contributed by atoms with Gasteiger partial charge in [-0.15, -0.1) is 0 Å². The van der Waals surface area contributed by atoms with Crippen molar-refractivity contribution in [2.45, 2.75) is 46.1 Å². The lowest BCUT2D eigenvalue weighted by molar-refractivity contribution is 0.00725. The van der Waals surface area contributed by atoms with Crippen LogP contribution >= 0.6 is 0 Å². The summed E-state index contributed by atoms with van der Waals surface area (Å²) in [5.41, 5.74) is 4.17. The molecule has 0 heterocycles. The van der Waals surface area contributed by atoms with Crippen molar-refractivity contribution in [3.05, 3.63) is 34.4 Å². The predicted molar refractivity (Wildman–Crippen MR) is 68.6 cm³/mol. The topological polar surface area (TPSA) is 26.3 Å². The van der Waals surface area contributed by atoms with Crippen LogP contribution in [0.1, 0.15) is 46.3 Å². The molecule has 0 radical (unpaired) electrons. The van der Waals surface area contributed by atoms with Crippen molar-refractivity contribution >= 4 is 5.78 Å². The van der Waals surface area contributed by atoms with E-state index in [1.165, 1.54) is 12.0 Å². The first kappa shape index (κ1) is 12.3. The maximum Gasteiger partial charge on any atom is 0.189 e. The molecular formula is C15H20O2. The standard InChI is InChI=1S/C15H20O2/c1-10-7-11(2)15(12(3)8-10)14(16)9-17-13-5-4-6-13/h7-8,13H,4-6,9H2,1-3H3. The van der Waals surface area contributed by atoms with Gasteiger partial charge in [-0.1, -0.05) is 17.7 Å². The molecule has 0 amide bonds. The van der Waals surface area contributed by atoms with Gasteiger partial charge in [0.2, 0.25) is 0 Å². The molecule has 1 fully saturated rings. The van der Waals surface area contributed by atoms with Crippen LogP contribution in [0, 0.1) is 20.8 Å². The van der Waals surface area contributed by atoms with Gasteiger partial charge in [-0.25, -0.2) is 0 Å². The van der Waals surface area contributed by atoms with E-state index in [2.05, 4.69) is 19.1 Å². The summed E-state index contributed by atoms with van der Waals surface area (Å²) < 4.78 is 5.58. The zero-order valence-corrected chi connectivity index (χ0v) is 10.9. The minimum atomic E-state index is 0.118. The summed E-state index contributed by atoms with van der Waals surface area (Å²) in [4.78, 5) is 12.1. The summed E-state index contributed by atoms with van der Waals surface area (Å²) in [5, 5.41) is 0. The third-order valence-corrected chi connectivity index (χ3v) is 3.46. The molecule has 92 valence electrons. The Labute approximate surface area is 103 Å². The van der Waals surface area contributed by atoms with Crippen LogP contribution in [-0.2, 0) is 4.74 Å². The number of carbonyl (C=O) groups excluding carboxylic acids is 1. The summed E-state index contributed by atoms with van der Waals surface area (Å²) in [7, 11) is 0. The zero-order valence-electron chi connectivity index (χ0n) is 10.9. The third-order valence-electron chi connectivity index (χ3n) is 3.46. The molecule has 1 saturated carbocycles. The molecule has 2 heteroatoms. The van der Waals surface area contributed by atoms with Crippen molar-refractivity contribution in [2.24, 2.45) is 0 Å². The quantitative estimate of drug-likeness (QED) is 0.744. The largest absolute Gasteiger partial charge is 0.370 e. The van der Waals surface area contributed by atoms with Gasteiger partial charge in [-0.2, -0.15) is 0 Å². The molecule has 0 N–H and O–H groups in total. The molecule has 0 unspecified atom stereocenters. The van der Waals surface area contributed by atoms with E-state index in [-0.39, 0.29) is 12.4 Å². The second-order valence-electron chi connectivity index (χ2n) is 5.06. The summed E-state index contributed by atoms with van der Waals surface area (Å²) in [5.74, 6) is 0.118. The molecular weight excluding hydrogens is 212 g/mol. The Kier molecular flexibility index (Phi) is 3.63. The van der Waals surface area contributed by atoms with Crippen molar-refractivity contribution in [2.75, 3.05) is 6.61 Å². The molecule has 0 spiro atoms. The summed E-state index contributed by atoms with van der Waals surface area (Å²) in [6.45, 7) is 6.28. The van der Waals surface area contributed by atoms with Gasteiger partial charge in [-0.3, -0.25) is 4.79 Å². The molecule has 0 bridgehead atoms. The van der Waals surface area contributed by atoms with Crippen LogP contribution in [0.2, 0.25) is 0 Å². The van der Waals surface area contributed by atoms with Gasteiger partial charge in [0, 0.05) is 5.56 Å². The molecule has 0 aromatic heterocycles. The average Bonchev–Trinajstić information content (AvgIpc) is 2.13. The maximum absolute atomic E-state index is 12.1. The minimum absolute atomic E-state index is 0.118. The first-order valence-electron chi connectivity index (χ1n) is 6.30. The first-order valence-corrected chi connectivity index (χ1v) is 6.30. The number of Topliss-reactive ketones (excluding diaryl/α,β-unsaturated/α-hetero) is 1. The highest BCUT2D eigenvalue weighted by Crippen LogP contribution is 2.23. The normalized spacial score (nSPS) is 15.7. The van der Waals surface area contributed by atoms with Gasteiger partial charge in [0.05, 0.1) is 6.10 Å². The lowest BCUT2D eigenvalue weighted by Crippen LogP contribution is -2.25. The lowest BCUT2D eigenvalue weighted by Gasteiger charge is -2.25. The van der Waals surface area contributed by atoms with E-state index in [1.54, 1.807) is 0 Å². The Hall–Kier alpha value is -1.15. The number of hydrogen-bond acceptors (Lipinski definition) is 2. The van der Waals surface area contributed by atoms with Crippen molar-refractivity contribution < 1.29 is 9.53 Å². The van der Waals surface area contributed by atoms with Gasteiger partial charge in [0.25, 0.3) is 0 Å². The van der Waals surface area contributed by atoms with Crippen LogP contribution in [0.5, 0.6) is 0 Å². The molecule has 2 rings (SSSR count). The molecule has 0 aliphatic heterocycles. The van der Waals surface area contributed by atoms with Crippen molar-refractivity contribution in [1.82, 2.24) is 0 Å². The number of ketones is 1. The third kappa shape index (κ3) is 2.75. The number of hydrogen-bond donors (Lipinski definition) is 0. The van der Waals surface area contributed by atoms with Gasteiger partial charge in [0.15, 0.2) is 5.78 Å². The van der Waals surface area contributed by atoms with Crippen molar-refractivity contribution in [1.29, 1.82) is 0 Å². The molecule has 0 saturated heterocycles. The van der Waals surface area contributed by atoms with Gasteiger partial charge in [0.1, 0.15) is 6.61 Å². The SMILES string of the molecule is Cc1cc(C)c(C(=O)COC2CCC2)c(C)c1. The van der Waals surface area contributed by atoms with Crippen LogP contribution in [0.4, 0.5) is 0 Å². The summed E-state index contributed by atoms with van der Waals surface area (Å²) >= 11 is 0. The van der Waals surface area contributed by atoms with Gasteiger partial charge in [-0.05, 0) is 51.2 Å². The molecule has 2 nitrogen and oxygen atoms in total. The van der Waals surface area contributed by atoms with E-state index in [9.17, 15) is 4.79 Å².